The zero-order valence-electron chi connectivity index (χ0n) is 13.0. The number of carbonyl (C=O) groups is 1. The molecular weight excluding hydrogens is 296 g/mol. The topological polar surface area (TPSA) is 71.9 Å². The van der Waals surface area contributed by atoms with Crippen LogP contribution in [0.5, 0.6) is 5.75 Å². The normalized spacial score (nSPS) is 10.5. The van der Waals surface area contributed by atoms with Crippen LogP contribution in [0.1, 0.15) is 5.69 Å². The van der Waals surface area contributed by atoms with Crippen LogP contribution in [-0.4, -0.2) is 42.9 Å². The summed E-state index contributed by atoms with van der Waals surface area (Å²) < 4.78 is 10.2. The van der Waals surface area contributed by atoms with Gasteiger partial charge in [0.05, 0.1) is 31.1 Å². The molecule has 0 unspecified atom stereocenters. The van der Waals surface area contributed by atoms with Gasteiger partial charge in [0.1, 0.15) is 12.4 Å². The van der Waals surface area contributed by atoms with Crippen molar-refractivity contribution in [3.05, 3.63) is 54.4 Å². The van der Waals surface area contributed by atoms with Crippen LogP contribution >= 0.6 is 0 Å². The third-order valence-electron chi connectivity index (χ3n) is 3.18. The fourth-order valence-electron chi connectivity index (χ4n) is 2.03. The van der Waals surface area contributed by atoms with E-state index in [9.17, 15) is 9.90 Å². The minimum Gasteiger partial charge on any atom is -0.506 e. The molecule has 2 rings (SSSR count). The average Bonchev–Trinajstić information content (AvgIpc) is 2.58. The van der Waals surface area contributed by atoms with Crippen LogP contribution in [0.3, 0.4) is 0 Å². The molecule has 23 heavy (non-hydrogen) atoms. The van der Waals surface area contributed by atoms with Gasteiger partial charge in [-0.3, -0.25) is 9.78 Å². The Balaban J connectivity index is 2.14. The maximum atomic E-state index is 12.5. The minimum absolute atomic E-state index is 0.0358. The zero-order valence-corrected chi connectivity index (χ0v) is 13.0. The third-order valence-corrected chi connectivity index (χ3v) is 3.18. The molecule has 0 aliphatic heterocycles. The number of phenols is 1. The van der Waals surface area contributed by atoms with Crippen LogP contribution in [0, 0.1) is 0 Å². The van der Waals surface area contributed by atoms with E-state index in [1.807, 2.05) is 18.2 Å². The van der Waals surface area contributed by atoms with E-state index >= 15 is 0 Å². The highest BCUT2D eigenvalue weighted by atomic mass is 16.5. The second-order valence-corrected chi connectivity index (χ2v) is 4.84. The first kappa shape index (κ1) is 16.9. The van der Waals surface area contributed by atoms with Crippen molar-refractivity contribution in [3.8, 4) is 5.75 Å². The third kappa shape index (κ3) is 5.05. The fourth-order valence-corrected chi connectivity index (χ4v) is 2.03. The predicted octanol–water partition coefficient (Wildman–Crippen LogP) is 1.98. The molecule has 1 aromatic carbocycles. The van der Waals surface area contributed by atoms with Gasteiger partial charge in [-0.2, -0.15) is 0 Å². The number of hydrogen-bond acceptors (Lipinski definition) is 5. The summed E-state index contributed by atoms with van der Waals surface area (Å²) in [7, 11) is 1.57. The number of pyridine rings is 1. The van der Waals surface area contributed by atoms with Gasteiger partial charge in [0.25, 0.3) is 5.91 Å². The lowest BCUT2D eigenvalue weighted by molar-refractivity contribution is -0.123. The molecule has 0 aliphatic carbocycles. The molecule has 1 aromatic heterocycles. The number of methoxy groups -OCH3 is 1. The van der Waals surface area contributed by atoms with Crippen molar-refractivity contribution in [2.45, 2.75) is 6.54 Å². The molecule has 0 bridgehead atoms. The summed E-state index contributed by atoms with van der Waals surface area (Å²) >= 11 is 0. The molecule has 0 atom stereocenters. The summed E-state index contributed by atoms with van der Waals surface area (Å²) in [6, 6.07) is 12.2. The highest BCUT2D eigenvalue weighted by molar-refractivity contribution is 5.95. The van der Waals surface area contributed by atoms with Gasteiger partial charge in [0.15, 0.2) is 0 Å². The van der Waals surface area contributed by atoms with E-state index in [1.165, 1.54) is 4.90 Å². The summed E-state index contributed by atoms with van der Waals surface area (Å²) in [4.78, 5) is 18.2. The van der Waals surface area contributed by atoms with Crippen LogP contribution in [-0.2, 0) is 20.8 Å². The smallest absolute Gasteiger partial charge is 0.253 e. The maximum Gasteiger partial charge on any atom is 0.253 e. The van der Waals surface area contributed by atoms with E-state index in [2.05, 4.69) is 4.98 Å². The Hall–Kier alpha value is -2.44. The molecule has 0 spiro atoms. The number of carbonyl (C=O) groups excluding carboxylic acids is 1. The number of anilines is 1. The highest BCUT2D eigenvalue weighted by Gasteiger charge is 2.19. The van der Waals surface area contributed by atoms with Gasteiger partial charge in [-0.1, -0.05) is 18.2 Å². The van der Waals surface area contributed by atoms with Crippen LogP contribution in [0.15, 0.2) is 48.7 Å². The molecule has 1 heterocycles. The lowest BCUT2D eigenvalue weighted by Gasteiger charge is -2.23. The van der Waals surface area contributed by atoms with E-state index in [0.29, 0.717) is 18.9 Å². The number of amides is 1. The van der Waals surface area contributed by atoms with Crippen molar-refractivity contribution in [1.29, 1.82) is 0 Å². The van der Waals surface area contributed by atoms with E-state index in [1.54, 1.807) is 37.6 Å². The summed E-state index contributed by atoms with van der Waals surface area (Å²) in [5.74, 6) is -0.220. The van der Waals surface area contributed by atoms with E-state index in [0.717, 1.165) is 5.69 Å². The Morgan fingerprint density at radius 2 is 1.96 bits per heavy atom. The average molecular weight is 316 g/mol. The van der Waals surface area contributed by atoms with Gasteiger partial charge in [0, 0.05) is 13.3 Å². The summed E-state index contributed by atoms with van der Waals surface area (Å²) in [6.07, 6.45) is 1.66. The number of aromatic hydroxyl groups is 1. The first-order chi connectivity index (χ1) is 11.2. The number of benzene rings is 1. The van der Waals surface area contributed by atoms with Crippen molar-refractivity contribution in [2.75, 3.05) is 31.8 Å². The second kappa shape index (κ2) is 8.87. The molecule has 6 heteroatoms. The van der Waals surface area contributed by atoms with Gasteiger partial charge in [-0.25, -0.2) is 0 Å². The molecular formula is C17H20N2O4. The van der Waals surface area contributed by atoms with E-state index < -0.39 is 0 Å². The summed E-state index contributed by atoms with van der Waals surface area (Å²) in [5.41, 5.74) is 1.15. The fraction of sp³-hybridized carbons (Fsp3) is 0.294. The molecule has 2 aromatic rings. The molecule has 0 fully saturated rings. The monoisotopic (exact) mass is 316 g/mol. The van der Waals surface area contributed by atoms with Crippen molar-refractivity contribution < 1.29 is 19.4 Å². The number of hydrogen-bond donors (Lipinski definition) is 1. The Morgan fingerprint density at radius 3 is 2.65 bits per heavy atom. The maximum absolute atomic E-state index is 12.5. The van der Waals surface area contributed by atoms with Gasteiger partial charge in [-0.05, 0) is 24.3 Å². The quantitative estimate of drug-likeness (QED) is 0.754. The molecule has 122 valence electrons. The number of nitrogens with zero attached hydrogens (tertiary/aromatic N) is 2. The van der Waals surface area contributed by atoms with Crippen LogP contribution in [0.2, 0.25) is 0 Å². The Bertz CT molecular complexity index is 619. The molecule has 0 radical (unpaired) electrons. The molecule has 0 saturated heterocycles. The number of phenolic OH excluding ortho intramolecular Hbond substituents is 1. The largest absolute Gasteiger partial charge is 0.506 e. The van der Waals surface area contributed by atoms with E-state index in [4.69, 9.17) is 9.47 Å². The Kier molecular flexibility index (Phi) is 6.53. The number of aromatic nitrogens is 1. The summed E-state index contributed by atoms with van der Waals surface area (Å²) in [5, 5.41) is 10.0. The van der Waals surface area contributed by atoms with Crippen molar-refractivity contribution >= 4 is 11.6 Å². The highest BCUT2D eigenvalue weighted by Crippen LogP contribution is 2.27. The van der Waals surface area contributed by atoms with Crippen molar-refractivity contribution in [1.82, 2.24) is 4.98 Å². The minimum atomic E-state index is -0.256. The lowest BCUT2D eigenvalue weighted by Crippen LogP contribution is -2.34. The Morgan fingerprint density at radius 1 is 1.17 bits per heavy atom. The number of para-hydroxylation sites is 2. The van der Waals surface area contributed by atoms with Crippen LogP contribution < -0.4 is 4.90 Å². The van der Waals surface area contributed by atoms with Crippen molar-refractivity contribution in [2.24, 2.45) is 0 Å². The van der Waals surface area contributed by atoms with Crippen molar-refractivity contribution in [3.63, 3.8) is 0 Å². The SMILES string of the molecule is COCCOCC(=O)N(Cc1ccccn1)c1ccccc1O. The molecule has 1 amide bonds. The standard InChI is InChI=1S/C17H20N2O4/c1-22-10-11-23-13-17(21)19(12-14-6-4-5-9-18-14)15-7-2-3-8-16(15)20/h2-9,20H,10-13H2,1H3. The Labute approximate surface area is 135 Å². The molecule has 0 saturated carbocycles. The van der Waals surface area contributed by atoms with Gasteiger partial charge in [0.2, 0.25) is 0 Å². The first-order valence-corrected chi connectivity index (χ1v) is 7.27. The van der Waals surface area contributed by atoms with Gasteiger partial charge in [-0.15, -0.1) is 0 Å². The zero-order chi connectivity index (χ0) is 16.5. The molecule has 0 aliphatic rings. The van der Waals surface area contributed by atoms with Crippen LogP contribution in [0.4, 0.5) is 5.69 Å². The molecule has 1 N–H and O–H groups in total. The van der Waals surface area contributed by atoms with Gasteiger partial charge < -0.3 is 19.5 Å². The van der Waals surface area contributed by atoms with E-state index in [-0.39, 0.29) is 24.8 Å². The number of ether oxygens (including phenoxy) is 2. The van der Waals surface area contributed by atoms with Crippen LogP contribution in [0.25, 0.3) is 0 Å². The summed E-state index contributed by atoms with van der Waals surface area (Å²) in [6.45, 7) is 0.917. The van der Waals surface area contributed by atoms with Gasteiger partial charge >= 0.3 is 0 Å². The molecule has 6 nitrogen and oxygen atoms in total. The second-order valence-electron chi connectivity index (χ2n) is 4.84. The lowest BCUT2D eigenvalue weighted by atomic mass is 10.2. The first-order valence-electron chi connectivity index (χ1n) is 7.27. The predicted molar refractivity (Wildman–Crippen MR) is 86.2 cm³/mol. The number of rotatable bonds is 8.